The number of methoxy groups -OCH3 is 2. The Morgan fingerprint density at radius 1 is 0.842 bits per heavy atom. The van der Waals surface area contributed by atoms with Crippen molar-refractivity contribution in [3.63, 3.8) is 0 Å². The van der Waals surface area contributed by atoms with E-state index in [4.69, 9.17) is 19.2 Å². The van der Waals surface area contributed by atoms with Crippen molar-refractivity contribution < 1.29 is 14.2 Å². The van der Waals surface area contributed by atoms with Gasteiger partial charge in [-0.25, -0.2) is 15.0 Å². The van der Waals surface area contributed by atoms with Crippen molar-refractivity contribution in [3.05, 3.63) is 66.2 Å². The van der Waals surface area contributed by atoms with Crippen LogP contribution in [0.1, 0.15) is 24.0 Å². The third kappa shape index (κ3) is 5.24. The molecule has 0 radical (unpaired) electrons. The number of nitrogens with zero attached hydrogens (tertiary/aromatic N) is 6. The average molecular weight is 515 g/mol. The highest BCUT2D eigenvalue weighted by atomic mass is 16.5. The summed E-state index contributed by atoms with van der Waals surface area (Å²) in [6.07, 6.45) is 8.23. The minimum atomic E-state index is 0.390. The third-order valence-electron chi connectivity index (χ3n) is 7.66. The lowest BCUT2D eigenvalue weighted by Gasteiger charge is -2.40. The van der Waals surface area contributed by atoms with E-state index in [2.05, 4.69) is 36.5 Å². The smallest absolute Gasteiger partial charge is 0.212 e. The van der Waals surface area contributed by atoms with Crippen molar-refractivity contribution in [1.82, 2.24) is 24.4 Å². The molecule has 0 saturated carbocycles. The van der Waals surface area contributed by atoms with E-state index >= 15 is 0 Å². The van der Waals surface area contributed by atoms with Gasteiger partial charge in [0.2, 0.25) is 5.88 Å². The molecular weight excluding hydrogens is 480 g/mol. The molecule has 0 unspecified atom stereocenters. The van der Waals surface area contributed by atoms with Gasteiger partial charge in [0.1, 0.15) is 12.1 Å². The fraction of sp³-hybridized carbons (Fsp3) is 0.414. The van der Waals surface area contributed by atoms with E-state index in [9.17, 15) is 0 Å². The maximum atomic E-state index is 6.01. The maximum Gasteiger partial charge on any atom is 0.212 e. The number of hydrogen-bond donors (Lipinski definition) is 0. The Balaban J connectivity index is 1.15. The van der Waals surface area contributed by atoms with E-state index in [1.165, 1.54) is 31.6 Å². The maximum absolute atomic E-state index is 6.01. The minimum Gasteiger partial charge on any atom is -0.493 e. The number of pyridine rings is 2. The Morgan fingerprint density at radius 3 is 2.50 bits per heavy atom. The Labute approximate surface area is 223 Å². The number of benzene rings is 1. The Bertz CT molecular complexity index is 1380. The van der Waals surface area contributed by atoms with Crippen molar-refractivity contribution in [1.29, 1.82) is 0 Å². The first-order chi connectivity index (χ1) is 18.7. The van der Waals surface area contributed by atoms with Crippen LogP contribution in [0, 0.1) is 5.92 Å². The lowest BCUT2D eigenvalue weighted by Crippen LogP contribution is -2.47. The first-order valence-corrected chi connectivity index (χ1v) is 13.3. The number of imidazole rings is 1. The predicted molar refractivity (Wildman–Crippen MR) is 146 cm³/mol. The second-order valence-electron chi connectivity index (χ2n) is 10.1. The zero-order valence-electron chi connectivity index (χ0n) is 22.0. The highest BCUT2D eigenvalue weighted by Crippen LogP contribution is 2.30. The van der Waals surface area contributed by atoms with Crippen LogP contribution >= 0.6 is 0 Å². The summed E-state index contributed by atoms with van der Waals surface area (Å²) in [4.78, 5) is 18.8. The van der Waals surface area contributed by atoms with Crippen LogP contribution in [0.4, 0.5) is 5.69 Å². The van der Waals surface area contributed by atoms with Crippen molar-refractivity contribution in [2.75, 3.05) is 51.8 Å². The molecule has 0 N–H and O–H groups in total. The molecule has 0 atom stereocenters. The van der Waals surface area contributed by atoms with Gasteiger partial charge >= 0.3 is 0 Å². The van der Waals surface area contributed by atoms with Crippen LogP contribution in [0.2, 0.25) is 0 Å². The largest absolute Gasteiger partial charge is 0.493 e. The van der Waals surface area contributed by atoms with Gasteiger partial charge in [0.05, 0.1) is 39.0 Å². The average Bonchev–Trinajstić information content (AvgIpc) is 3.34. The summed E-state index contributed by atoms with van der Waals surface area (Å²) in [6, 6.07) is 11.9. The van der Waals surface area contributed by atoms with Crippen LogP contribution in [0.3, 0.4) is 0 Å². The molecule has 4 aromatic rings. The summed E-state index contributed by atoms with van der Waals surface area (Å²) in [7, 11) is 3.26. The van der Waals surface area contributed by atoms with Gasteiger partial charge in [-0.3, -0.25) is 0 Å². The highest BCUT2D eigenvalue weighted by molar-refractivity contribution is 5.75. The zero-order valence-corrected chi connectivity index (χ0v) is 22.0. The number of ether oxygens (including phenoxy) is 3. The van der Waals surface area contributed by atoms with Gasteiger partial charge in [0.25, 0.3) is 0 Å². The number of hydrogen-bond acceptors (Lipinski definition) is 8. The first kappa shape index (κ1) is 24.5. The minimum absolute atomic E-state index is 0.390. The Morgan fingerprint density at radius 2 is 1.71 bits per heavy atom. The molecule has 3 saturated heterocycles. The number of rotatable bonds is 8. The molecule has 3 aliphatic rings. The van der Waals surface area contributed by atoms with Crippen LogP contribution in [-0.4, -0.2) is 71.4 Å². The molecule has 198 valence electrons. The van der Waals surface area contributed by atoms with Crippen LogP contribution in [0.25, 0.3) is 11.2 Å². The molecule has 3 fully saturated rings. The van der Waals surface area contributed by atoms with E-state index in [1.54, 1.807) is 20.4 Å². The topological polar surface area (TPSA) is 77.8 Å². The van der Waals surface area contributed by atoms with Gasteiger partial charge < -0.3 is 28.6 Å². The molecule has 0 spiro atoms. The summed E-state index contributed by atoms with van der Waals surface area (Å²) >= 11 is 0. The second-order valence-corrected chi connectivity index (χ2v) is 10.1. The lowest BCUT2D eigenvalue weighted by atomic mass is 9.94. The van der Waals surface area contributed by atoms with Crippen molar-refractivity contribution >= 4 is 16.9 Å². The molecular formula is C29H34N6O3. The molecule has 0 amide bonds. The van der Waals surface area contributed by atoms with E-state index < -0.39 is 0 Å². The second kappa shape index (κ2) is 10.9. The van der Waals surface area contributed by atoms with Gasteiger partial charge in [-0.05, 0) is 61.7 Å². The summed E-state index contributed by atoms with van der Waals surface area (Å²) in [5.74, 6) is 2.72. The van der Waals surface area contributed by atoms with Gasteiger partial charge in [0.15, 0.2) is 17.1 Å². The molecule has 2 bridgehead atoms. The predicted octanol–water partition coefficient (Wildman–Crippen LogP) is 4.00. The molecule has 0 aliphatic carbocycles. The van der Waals surface area contributed by atoms with Gasteiger partial charge in [-0.15, -0.1) is 0 Å². The van der Waals surface area contributed by atoms with E-state index in [-0.39, 0.29) is 0 Å². The lowest BCUT2D eigenvalue weighted by molar-refractivity contribution is 0.172. The Kier molecular flexibility index (Phi) is 7.00. The van der Waals surface area contributed by atoms with Crippen molar-refractivity contribution in [2.24, 2.45) is 5.92 Å². The quantitative estimate of drug-likeness (QED) is 0.349. The monoisotopic (exact) mass is 514 g/mol. The van der Waals surface area contributed by atoms with E-state index in [1.807, 2.05) is 36.8 Å². The summed E-state index contributed by atoms with van der Waals surface area (Å²) in [5, 5.41) is 0. The van der Waals surface area contributed by atoms with Crippen LogP contribution in [-0.2, 0) is 13.2 Å². The van der Waals surface area contributed by atoms with Crippen LogP contribution in [0.5, 0.6) is 17.4 Å². The van der Waals surface area contributed by atoms with Crippen molar-refractivity contribution in [2.45, 2.75) is 26.0 Å². The third-order valence-corrected chi connectivity index (χ3v) is 7.66. The molecule has 1 aromatic carbocycles. The van der Waals surface area contributed by atoms with Crippen LogP contribution in [0.15, 0.2) is 55.1 Å². The number of aromatic nitrogens is 4. The molecule has 9 nitrogen and oxygen atoms in total. The molecule has 38 heavy (non-hydrogen) atoms. The fourth-order valence-corrected chi connectivity index (χ4v) is 5.42. The number of piperidine rings is 1. The number of anilines is 1. The zero-order chi connectivity index (χ0) is 25.9. The molecule has 7 rings (SSSR count). The summed E-state index contributed by atoms with van der Waals surface area (Å²) < 4.78 is 18.8. The highest BCUT2D eigenvalue weighted by Gasteiger charge is 2.25. The Hall–Kier alpha value is -3.85. The van der Waals surface area contributed by atoms with E-state index in [0.717, 1.165) is 47.8 Å². The van der Waals surface area contributed by atoms with Gasteiger partial charge in [0, 0.05) is 37.5 Å². The first-order valence-electron chi connectivity index (χ1n) is 13.3. The molecule has 9 heteroatoms. The number of fused-ring (bicyclic) bond motifs is 6. The summed E-state index contributed by atoms with van der Waals surface area (Å²) in [5.41, 5.74) is 5.02. The van der Waals surface area contributed by atoms with Crippen molar-refractivity contribution in [3.8, 4) is 17.4 Å². The van der Waals surface area contributed by atoms with Gasteiger partial charge in [-0.1, -0.05) is 6.07 Å². The summed E-state index contributed by atoms with van der Waals surface area (Å²) in [6.45, 7) is 6.82. The molecule has 3 aliphatic heterocycles. The van der Waals surface area contributed by atoms with Crippen LogP contribution < -0.4 is 19.1 Å². The fourth-order valence-electron chi connectivity index (χ4n) is 5.42. The molecule has 6 heterocycles. The van der Waals surface area contributed by atoms with Gasteiger partial charge in [-0.2, -0.15) is 0 Å². The van der Waals surface area contributed by atoms with E-state index in [0.29, 0.717) is 30.5 Å². The standard InChI is InChI=1S/C29H34N6O3/c1-36-27-13-22(3-5-26(27)38-19-23-4-6-28(37-2)30-15-23)18-35-20-32-25-14-24(16-31-29(25)35)34-12-11-33-9-7-21(17-34)8-10-33/h3-6,13-16,20-21H,7-12,17-19H2,1-2H3. The SMILES string of the molecule is COc1ccc(COc2ccc(Cn3cnc4cc(N5CCN6CCC(CC6)C5)cnc43)cc2OC)cn1. The normalized spacial score (nSPS) is 19.3. The molecule has 3 aromatic heterocycles.